The van der Waals surface area contributed by atoms with Gasteiger partial charge >= 0.3 is 5.97 Å². The quantitative estimate of drug-likeness (QED) is 0.267. The molecule has 0 bridgehead atoms. The maximum atomic E-state index is 11.7. The molecule has 0 unspecified atom stereocenters. The molecule has 0 aliphatic heterocycles. The lowest BCUT2D eigenvalue weighted by atomic mass is 10.0. The molecule has 0 aliphatic carbocycles. The zero-order chi connectivity index (χ0) is 19.2. The number of hydrogen-bond acceptors (Lipinski definition) is 3. The second-order valence-electron chi connectivity index (χ2n) is 6.90. The summed E-state index contributed by atoms with van der Waals surface area (Å²) in [6.07, 6.45) is 12.6. The topological polar surface area (TPSA) is 43.4 Å². The fraction of sp³-hybridized carbons (Fsp3) is 0.545. The number of allylic oxidation sites excluding steroid dienone is 7. The number of rotatable bonds is 11. The molecule has 0 heterocycles. The van der Waals surface area contributed by atoms with E-state index in [1.807, 2.05) is 26.8 Å². The lowest BCUT2D eigenvalue weighted by Crippen LogP contribution is -1.98. The van der Waals surface area contributed by atoms with E-state index in [0.29, 0.717) is 13.0 Å². The van der Waals surface area contributed by atoms with Gasteiger partial charge < -0.3 is 4.74 Å². The molecule has 0 aromatic rings. The van der Waals surface area contributed by atoms with Gasteiger partial charge in [0.05, 0.1) is 0 Å². The van der Waals surface area contributed by atoms with Crippen molar-refractivity contribution < 1.29 is 14.3 Å². The number of carbonyl (C=O) groups excluding carboxylic acids is 2. The Hall–Kier alpha value is -1.90. The largest absolute Gasteiger partial charge is 0.462 e. The Bertz CT molecular complexity index is 556. The predicted molar refractivity (Wildman–Crippen MR) is 105 cm³/mol. The Kier molecular flexibility index (Phi) is 12.4. The van der Waals surface area contributed by atoms with E-state index in [4.69, 9.17) is 4.74 Å². The zero-order valence-electron chi connectivity index (χ0n) is 16.8. The van der Waals surface area contributed by atoms with Gasteiger partial charge in [0.25, 0.3) is 0 Å². The van der Waals surface area contributed by atoms with Gasteiger partial charge in [-0.3, -0.25) is 9.59 Å². The van der Waals surface area contributed by atoms with E-state index >= 15 is 0 Å². The number of esters is 1. The molecule has 0 atom stereocenters. The van der Waals surface area contributed by atoms with Crippen molar-refractivity contribution in [1.29, 1.82) is 0 Å². The average molecular weight is 347 g/mol. The maximum Gasteiger partial charge on any atom is 0.302 e. The predicted octanol–water partition coefficient (Wildman–Crippen LogP) is 5.87. The number of carbonyl (C=O) groups is 2. The minimum Gasteiger partial charge on any atom is -0.462 e. The summed E-state index contributed by atoms with van der Waals surface area (Å²) in [5.41, 5.74) is 4.79. The molecule has 0 radical (unpaired) electrons. The van der Waals surface area contributed by atoms with Crippen molar-refractivity contribution >= 4 is 11.8 Å². The van der Waals surface area contributed by atoms with Crippen molar-refractivity contribution in [2.75, 3.05) is 6.61 Å². The highest BCUT2D eigenvalue weighted by Crippen LogP contribution is 2.12. The van der Waals surface area contributed by atoms with E-state index in [1.165, 1.54) is 18.1 Å². The first-order valence-corrected chi connectivity index (χ1v) is 8.98. The van der Waals surface area contributed by atoms with E-state index in [9.17, 15) is 9.59 Å². The molecule has 0 rings (SSSR count). The van der Waals surface area contributed by atoms with E-state index in [1.54, 1.807) is 6.08 Å². The third-order valence-corrected chi connectivity index (χ3v) is 3.68. The lowest BCUT2D eigenvalue weighted by molar-refractivity contribution is -0.139. The van der Waals surface area contributed by atoms with Crippen LogP contribution in [0.5, 0.6) is 0 Å². The molecule has 0 aliphatic rings. The van der Waals surface area contributed by atoms with Gasteiger partial charge in [0.2, 0.25) is 0 Å². The van der Waals surface area contributed by atoms with E-state index in [-0.39, 0.29) is 11.8 Å². The summed E-state index contributed by atoms with van der Waals surface area (Å²) in [5, 5.41) is 0. The maximum absolute atomic E-state index is 11.7. The number of ether oxygens (including phenoxy) is 1. The first-order valence-electron chi connectivity index (χ1n) is 8.98. The zero-order valence-corrected chi connectivity index (χ0v) is 16.8. The molecular formula is C22H34O3. The molecule has 0 amide bonds. The summed E-state index contributed by atoms with van der Waals surface area (Å²) in [4.78, 5) is 22.4. The van der Waals surface area contributed by atoms with Crippen molar-refractivity contribution in [2.24, 2.45) is 0 Å². The summed E-state index contributed by atoms with van der Waals surface area (Å²) >= 11 is 0. The second kappa shape index (κ2) is 13.4. The summed E-state index contributed by atoms with van der Waals surface area (Å²) < 4.78 is 4.90. The fourth-order valence-electron chi connectivity index (χ4n) is 2.32. The molecule has 0 saturated heterocycles. The van der Waals surface area contributed by atoms with Gasteiger partial charge in [0.15, 0.2) is 5.78 Å². The van der Waals surface area contributed by atoms with Gasteiger partial charge in [-0.05, 0) is 72.5 Å². The first kappa shape index (κ1) is 23.1. The minimum atomic E-state index is -0.245. The highest BCUT2D eigenvalue weighted by Gasteiger charge is 1.99. The summed E-state index contributed by atoms with van der Waals surface area (Å²) in [5.74, 6) is -0.0669. The van der Waals surface area contributed by atoms with Gasteiger partial charge in [-0.25, -0.2) is 0 Å². The minimum absolute atomic E-state index is 0.178. The van der Waals surface area contributed by atoms with Crippen LogP contribution in [-0.4, -0.2) is 18.4 Å². The van der Waals surface area contributed by atoms with Crippen molar-refractivity contribution in [2.45, 2.75) is 73.6 Å². The van der Waals surface area contributed by atoms with E-state index in [2.05, 4.69) is 26.0 Å². The van der Waals surface area contributed by atoms with Gasteiger partial charge in [-0.2, -0.15) is 0 Å². The van der Waals surface area contributed by atoms with Crippen LogP contribution in [0.4, 0.5) is 0 Å². The van der Waals surface area contributed by atoms with Crippen LogP contribution in [0.3, 0.4) is 0 Å². The van der Waals surface area contributed by atoms with Crippen LogP contribution in [0.25, 0.3) is 0 Å². The van der Waals surface area contributed by atoms with Gasteiger partial charge in [-0.15, -0.1) is 0 Å². The van der Waals surface area contributed by atoms with E-state index < -0.39 is 0 Å². The molecular weight excluding hydrogens is 312 g/mol. The summed E-state index contributed by atoms with van der Waals surface area (Å²) in [6, 6.07) is 0. The molecule has 3 nitrogen and oxygen atoms in total. The van der Waals surface area contributed by atoms with Crippen LogP contribution < -0.4 is 0 Å². The van der Waals surface area contributed by atoms with Crippen LogP contribution in [0.1, 0.15) is 73.6 Å². The Morgan fingerprint density at radius 2 is 1.28 bits per heavy atom. The van der Waals surface area contributed by atoms with E-state index in [0.717, 1.165) is 36.8 Å². The Labute approximate surface area is 153 Å². The monoisotopic (exact) mass is 346 g/mol. The Balaban J connectivity index is 4.12. The third kappa shape index (κ3) is 15.4. The van der Waals surface area contributed by atoms with Crippen LogP contribution in [-0.2, 0) is 14.3 Å². The molecule has 140 valence electrons. The molecule has 3 heteroatoms. The number of ketones is 1. The Morgan fingerprint density at radius 1 is 0.760 bits per heavy atom. The molecule has 0 aromatic carbocycles. The molecule has 0 spiro atoms. The normalized spacial score (nSPS) is 12.8. The third-order valence-electron chi connectivity index (χ3n) is 3.68. The first-order chi connectivity index (χ1) is 11.7. The molecule has 0 N–H and O–H groups in total. The Morgan fingerprint density at radius 3 is 1.80 bits per heavy atom. The van der Waals surface area contributed by atoms with Gasteiger partial charge in [-0.1, -0.05) is 34.4 Å². The average Bonchev–Trinajstić information content (AvgIpc) is 2.45. The van der Waals surface area contributed by atoms with Crippen LogP contribution >= 0.6 is 0 Å². The van der Waals surface area contributed by atoms with Crippen molar-refractivity contribution in [3.63, 3.8) is 0 Å². The van der Waals surface area contributed by atoms with Crippen LogP contribution in [0.15, 0.2) is 46.6 Å². The fourth-order valence-corrected chi connectivity index (χ4v) is 2.32. The molecule has 0 fully saturated rings. The highest BCUT2D eigenvalue weighted by molar-refractivity contribution is 5.91. The summed E-state index contributed by atoms with van der Waals surface area (Å²) in [6.45, 7) is 11.9. The lowest BCUT2D eigenvalue weighted by Gasteiger charge is -2.03. The van der Waals surface area contributed by atoms with Crippen molar-refractivity contribution in [3.8, 4) is 0 Å². The van der Waals surface area contributed by atoms with Crippen LogP contribution in [0, 0.1) is 0 Å². The van der Waals surface area contributed by atoms with Gasteiger partial charge in [0.1, 0.15) is 6.61 Å². The smallest absolute Gasteiger partial charge is 0.302 e. The van der Waals surface area contributed by atoms with Crippen LogP contribution in [0.2, 0.25) is 0 Å². The number of hydrogen-bond donors (Lipinski definition) is 0. The summed E-state index contributed by atoms with van der Waals surface area (Å²) in [7, 11) is 0. The van der Waals surface area contributed by atoms with Gasteiger partial charge in [0, 0.05) is 13.3 Å². The molecule has 25 heavy (non-hydrogen) atoms. The second-order valence-corrected chi connectivity index (χ2v) is 6.90. The SMILES string of the molecule is CC(=O)OC/C=C(\C)CC/C=C(\C)CC/C=C(\C)CC(=O)C=C(C)C. The molecule has 0 aromatic heterocycles. The highest BCUT2D eigenvalue weighted by atomic mass is 16.5. The molecule has 0 saturated carbocycles. The standard InChI is InChI=1S/C22H34O3/c1-17(2)15-22(24)16-20(5)12-8-10-18(3)9-7-11-19(4)13-14-25-21(6)23/h9,12-13,15H,7-8,10-11,14,16H2,1-6H3/b18-9+,19-13+,20-12+. The van der Waals surface area contributed by atoms with Crippen molar-refractivity contribution in [1.82, 2.24) is 0 Å². The van der Waals surface area contributed by atoms with Crippen molar-refractivity contribution in [3.05, 3.63) is 46.6 Å².